The summed E-state index contributed by atoms with van der Waals surface area (Å²) in [6, 6.07) is 15.3. The van der Waals surface area contributed by atoms with Crippen LogP contribution in [0.15, 0.2) is 52.9 Å². The van der Waals surface area contributed by atoms with Gasteiger partial charge < -0.3 is 24.7 Å². The van der Waals surface area contributed by atoms with Crippen LogP contribution in [0.25, 0.3) is 0 Å². The molecular weight excluding hydrogens is 410 g/mol. The fourth-order valence-corrected chi connectivity index (χ4v) is 3.75. The molecule has 1 aliphatic heterocycles. The minimum atomic E-state index is 0.398. The average molecular weight is 438 g/mol. The van der Waals surface area contributed by atoms with Gasteiger partial charge in [-0.15, -0.1) is 0 Å². The molecule has 0 saturated carbocycles. The van der Waals surface area contributed by atoms with E-state index in [0.717, 1.165) is 42.6 Å². The first-order chi connectivity index (χ1) is 15.0. The van der Waals surface area contributed by atoms with Crippen LogP contribution in [0.4, 0.5) is 11.8 Å². The largest absolute Gasteiger partial charge is 0.465 e. The van der Waals surface area contributed by atoms with Crippen molar-refractivity contribution < 1.29 is 9.15 Å². The number of para-hydroxylation sites is 1. The number of nitrogens with zero attached hydrogens (tertiary/aromatic N) is 3. The Morgan fingerprint density at radius 2 is 2.06 bits per heavy atom. The molecule has 1 aliphatic rings. The summed E-state index contributed by atoms with van der Waals surface area (Å²) in [5.74, 6) is 4.73. The third-order valence-electron chi connectivity index (χ3n) is 5.08. The molecule has 0 bridgehead atoms. The monoisotopic (exact) mass is 437 g/mol. The Morgan fingerprint density at radius 1 is 1.23 bits per heavy atom. The Hall–Kier alpha value is -3.13. The molecule has 1 saturated heterocycles. The molecular formula is C23H27N5O2S. The fourth-order valence-electron chi connectivity index (χ4n) is 3.58. The number of hydrogen-bond donors (Lipinski definition) is 2. The Bertz CT molecular complexity index is 1020. The molecule has 0 aliphatic carbocycles. The van der Waals surface area contributed by atoms with E-state index in [9.17, 15) is 0 Å². The van der Waals surface area contributed by atoms with Crippen molar-refractivity contribution in [3.8, 4) is 11.6 Å². The normalized spacial score (nSPS) is 16.1. The molecule has 31 heavy (non-hydrogen) atoms. The van der Waals surface area contributed by atoms with Crippen LogP contribution in [-0.2, 0) is 6.54 Å². The Balaban J connectivity index is 1.51. The molecule has 2 aromatic heterocycles. The summed E-state index contributed by atoms with van der Waals surface area (Å²) in [7, 11) is 0. The van der Waals surface area contributed by atoms with Crippen molar-refractivity contribution >= 4 is 29.1 Å². The van der Waals surface area contributed by atoms with Gasteiger partial charge >= 0.3 is 0 Å². The average Bonchev–Trinajstić information content (AvgIpc) is 3.18. The van der Waals surface area contributed by atoms with E-state index in [1.807, 2.05) is 55.5 Å². The van der Waals surface area contributed by atoms with Crippen LogP contribution in [0.2, 0.25) is 0 Å². The number of nitrogens with one attached hydrogen (secondary N) is 2. The highest BCUT2D eigenvalue weighted by Gasteiger charge is 2.20. The second kappa shape index (κ2) is 9.78. The van der Waals surface area contributed by atoms with Gasteiger partial charge in [0.1, 0.15) is 23.1 Å². The highest BCUT2D eigenvalue weighted by molar-refractivity contribution is 7.80. The van der Waals surface area contributed by atoms with Gasteiger partial charge in [0, 0.05) is 19.2 Å². The minimum Gasteiger partial charge on any atom is -0.465 e. The summed E-state index contributed by atoms with van der Waals surface area (Å²) in [5, 5.41) is 6.63. The number of aromatic nitrogens is 2. The molecule has 8 heteroatoms. The summed E-state index contributed by atoms with van der Waals surface area (Å²) < 4.78 is 11.6. The number of aryl methyl sites for hydroxylation is 1. The lowest BCUT2D eigenvalue weighted by molar-refractivity contribution is 0.440. The molecule has 1 aromatic carbocycles. The molecule has 1 atom stereocenters. The predicted molar refractivity (Wildman–Crippen MR) is 126 cm³/mol. The number of rotatable bonds is 6. The van der Waals surface area contributed by atoms with E-state index in [2.05, 4.69) is 27.4 Å². The number of piperidine rings is 1. The van der Waals surface area contributed by atoms with Gasteiger partial charge in [-0.25, -0.2) is 0 Å². The standard InChI is InChI=1S/C23H27N5O2S/c1-16-7-6-12-28(15-16)20-13-21(30-18-8-4-3-5-9-18)26-22(25-20)27-23(31)24-14-19-11-10-17(2)29-19/h3-5,8-11,13,16H,6-7,12,14-15H2,1-2H3,(H2,24,25,26,27,31)/t16-/m0/s1. The van der Waals surface area contributed by atoms with Crippen molar-refractivity contribution in [2.45, 2.75) is 33.2 Å². The van der Waals surface area contributed by atoms with Crippen LogP contribution in [-0.4, -0.2) is 28.2 Å². The molecule has 7 nitrogen and oxygen atoms in total. The number of benzene rings is 1. The maximum Gasteiger partial charge on any atom is 0.234 e. The predicted octanol–water partition coefficient (Wildman–Crippen LogP) is 4.89. The maximum absolute atomic E-state index is 5.99. The lowest BCUT2D eigenvalue weighted by atomic mass is 10.0. The molecule has 4 rings (SSSR count). The smallest absolute Gasteiger partial charge is 0.234 e. The number of thiocarbonyl (C=S) groups is 1. The van der Waals surface area contributed by atoms with Crippen LogP contribution < -0.4 is 20.3 Å². The highest BCUT2D eigenvalue weighted by Crippen LogP contribution is 2.27. The summed E-state index contributed by atoms with van der Waals surface area (Å²) in [4.78, 5) is 11.5. The van der Waals surface area contributed by atoms with Crippen molar-refractivity contribution in [1.29, 1.82) is 0 Å². The molecule has 1 fully saturated rings. The molecule has 0 spiro atoms. The van der Waals surface area contributed by atoms with Gasteiger partial charge in [0.25, 0.3) is 0 Å². The van der Waals surface area contributed by atoms with Crippen LogP contribution in [0.5, 0.6) is 11.6 Å². The molecule has 0 amide bonds. The van der Waals surface area contributed by atoms with Crippen molar-refractivity contribution in [2.75, 3.05) is 23.3 Å². The second-order valence-corrected chi connectivity index (χ2v) is 8.22. The zero-order chi connectivity index (χ0) is 21.6. The van der Waals surface area contributed by atoms with Crippen molar-refractivity contribution in [3.05, 3.63) is 60.1 Å². The second-order valence-electron chi connectivity index (χ2n) is 7.82. The Labute approximate surface area is 187 Å². The fraction of sp³-hybridized carbons (Fsp3) is 0.348. The van der Waals surface area contributed by atoms with Gasteiger partial charge in [0.15, 0.2) is 5.11 Å². The van der Waals surface area contributed by atoms with Gasteiger partial charge in [0.05, 0.1) is 6.54 Å². The zero-order valence-electron chi connectivity index (χ0n) is 17.8. The van der Waals surface area contributed by atoms with Crippen molar-refractivity contribution in [2.24, 2.45) is 5.92 Å². The summed E-state index contributed by atoms with van der Waals surface area (Å²) in [5.41, 5.74) is 0. The van der Waals surface area contributed by atoms with Gasteiger partial charge in [-0.05, 0) is 62.2 Å². The first kappa shape index (κ1) is 21.1. The third-order valence-corrected chi connectivity index (χ3v) is 5.33. The molecule has 162 valence electrons. The van der Waals surface area contributed by atoms with E-state index < -0.39 is 0 Å². The van der Waals surface area contributed by atoms with Crippen LogP contribution >= 0.6 is 12.2 Å². The van der Waals surface area contributed by atoms with Gasteiger partial charge in [0.2, 0.25) is 11.8 Å². The SMILES string of the molecule is Cc1ccc(CNC(=S)Nc2nc(Oc3ccccc3)cc(N3CCC[C@H](C)C3)n2)o1. The molecule has 0 unspecified atom stereocenters. The summed E-state index contributed by atoms with van der Waals surface area (Å²) >= 11 is 5.44. The lowest BCUT2D eigenvalue weighted by Crippen LogP contribution is -2.35. The van der Waals surface area contributed by atoms with Gasteiger partial charge in [-0.3, -0.25) is 0 Å². The topological polar surface area (TPSA) is 75.5 Å². The van der Waals surface area contributed by atoms with E-state index in [0.29, 0.717) is 29.4 Å². The van der Waals surface area contributed by atoms with Crippen molar-refractivity contribution in [1.82, 2.24) is 15.3 Å². The lowest BCUT2D eigenvalue weighted by Gasteiger charge is -2.32. The molecule has 2 N–H and O–H groups in total. The van der Waals surface area contributed by atoms with E-state index in [1.165, 1.54) is 6.42 Å². The Morgan fingerprint density at radius 3 is 2.81 bits per heavy atom. The molecule has 3 aromatic rings. The van der Waals surface area contributed by atoms with Crippen molar-refractivity contribution in [3.63, 3.8) is 0 Å². The van der Waals surface area contributed by atoms with Crippen LogP contribution in [0.1, 0.15) is 31.3 Å². The van der Waals surface area contributed by atoms with Gasteiger partial charge in [-0.1, -0.05) is 25.1 Å². The van der Waals surface area contributed by atoms with E-state index in [-0.39, 0.29) is 0 Å². The molecule has 0 radical (unpaired) electrons. The van der Waals surface area contributed by atoms with Crippen LogP contribution in [0, 0.1) is 12.8 Å². The number of anilines is 2. The minimum absolute atomic E-state index is 0.398. The third kappa shape index (κ3) is 5.95. The number of ether oxygens (including phenoxy) is 1. The zero-order valence-corrected chi connectivity index (χ0v) is 18.6. The van der Waals surface area contributed by atoms with E-state index >= 15 is 0 Å². The van der Waals surface area contributed by atoms with E-state index in [4.69, 9.17) is 26.4 Å². The summed E-state index contributed by atoms with van der Waals surface area (Å²) in [6.45, 7) is 6.59. The number of furan rings is 1. The number of hydrogen-bond acceptors (Lipinski definition) is 6. The quantitative estimate of drug-likeness (QED) is 0.528. The van der Waals surface area contributed by atoms with E-state index in [1.54, 1.807) is 0 Å². The Kier molecular flexibility index (Phi) is 6.66. The highest BCUT2D eigenvalue weighted by atomic mass is 32.1. The molecule has 3 heterocycles. The first-order valence-corrected chi connectivity index (χ1v) is 10.9. The maximum atomic E-state index is 5.99. The summed E-state index contributed by atoms with van der Waals surface area (Å²) in [6.07, 6.45) is 2.38. The van der Waals surface area contributed by atoms with Crippen LogP contribution in [0.3, 0.4) is 0 Å². The first-order valence-electron chi connectivity index (χ1n) is 10.5. The van der Waals surface area contributed by atoms with Gasteiger partial charge in [-0.2, -0.15) is 9.97 Å².